The largest absolute Gasteiger partial charge is 0.461 e. The molecule has 0 aliphatic carbocycles. The minimum Gasteiger partial charge on any atom is -0.461 e. The van der Waals surface area contributed by atoms with Gasteiger partial charge in [-0.15, -0.1) is 0 Å². The molecule has 1 aromatic rings. The van der Waals surface area contributed by atoms with Crippen molar-refractivity contribution in [1.29, 1.82) is 0 Å². The number of ether oxygens (including phenoxy) is 1. The molecule has 0 unspecified atom stereocenters. The van der Waals surface area contributed by atoms with E-state index in [0.29, 0.717) is 5.69 Å². The summed E-state index contributed by atoms with van der Waals surface area (Å²) >= 11 is 0. The summed E-state index contributed by atoms with van der Waals surface area (Å²) < 4.78 is 17.2. The van der Waals surface area contributed by atoms with Gasteiger partial charge in [-0.05, 0) is 6.92 Å². The third-order valence-electron chi connectivity index (χ3n) is 1.10. The van der Waals surface area contributed by atoms with Gasteiger partial charge in [-0.2, -0.15) is 9.37 Å². The SMILES string of the molecule is Cc1ncc(F)nc1OCN. The van der Waals surface area contributed by atoms with Crippen LogP contribution >= 0.6 is 0 Å². The average Bonchev–Trinajstić information content (AvgIpc) is 1.98. The van der Waals surface area contributed by atoms with Crippen molar-refractivity contribution >= 4 is 0 Å². The van der Waals surface area contributed by atoms with E-state index in [2.05, 4.69) is 9.97 Å². The van der Waals surface area contributed by atoms with Crippen molar-refractivity contribution in [2.45, 2.75) is 6.92 Å². The van der Waals surface area contributed by atoms with Gasteiger partial charge in [-0.1, -0.05) is 0 Å². The summed E-state index contributed by atoms with van der Waals surface area (Å²) in [6.45, 7) is 1.64. The van der Waals surface area contributed by atoms with E-state index in [1.807, 2.05) is 0 Å². The third-order valence-corrected chi connectivity index (χ3v) is 1.10. The molecule has 0 saturated carbocycles. The molecule has 1 aromatic heterocycles. The summed E-state index contributed by atoms with van der Waals surface area (Å²) in [4.78, 5) is 7.11. The summed E-state index contributed by atoms with van der Waals surface area (Å²) in [6.07, 6.45) is 1.03. The number of nitrogens with two attached hydrogens (primary N) is 1. The van der Waals surface area contributed by atoms with Crippen LogP contribution in [0.5, 0.6) is 5.88 Å². The predicted molar refractivity (Wildman–Crippen MR) is 36.4 cm³/mol. The highest BCUT2D eigenvalue weighted by Gasteiger charge is 2.02. The maximum Gasteiger partial charge on any atom is 0.239 e. The van der Waals surface area contributed by atoms with Gasteiger partial charge >= 0.3 is 0 Å². The van der Waals surface area contributed by atoms with Crippen molar-refractivity contribution in [3.05, 3.63) is 17.8 Å². The van der Waals surface area contributed by atoms with E-state index in [1.165, 1.54) is 0 Å². The molecule has 1 heterocycles. The van der Waals surface area contributed by atoms with E-state index < -0.39 is 5.95 Å². The Balaban J connectivity index is 2.93. The molecule has 0 spiro atoms. The zero-order chi connectivity index (χ0) is 8.27. The zero-order valence-electron chi connectivity index (χ0n) is 6.04. The van der Waals surface area contributed by atoms with E-state index >= 15 is 0 Å². The number of halogens is 1. The summed E-state index contributed by atoms with van der Waals surface area (Å²) in [7, 11) is 0. The van der Waals surface area contributed by atoms with Crippen LogP contribution < -0.4 is 10.5 Å². The van der Waals surface area contributed by atoms with Crippen molar-refractivity contribution in [1.82, 2.24) is 9.97 Å². The second-order valence-electron chi connectivity index (χ2n) is 1.89. The summed E-state index contributed by atoms with van der Waals surface area (Å²) in [6, 6.07) is 0. The van der Waals surface area contributed by atoms with Gasteiger partial charge in [0, 0.05) is 0 Å². The van der Waals surface area contributed by atoms with Gasteiger partial charge in [-0.3, -0.25) is 10.7 Å². The Morgan fingerprint density at radius 2 is 2.45 bits per heavy atom. The van der Waals surface area contributed by atoms with Crippen LogP contribution in [0.1, 0.15) is 5.69 Å². The lowest BCUT2D eigenvalue weighted by Gasteiger charge is -2.02. The van der Waals surface area contributed by atoms with Crippen molar-refractivity contribution in [3.63, 3.8) is 0 Å². The average molecular weight is 157 g/mol. The van der Waals surface area contributed by atoms with E-state index in [9.17, 15) is 4.39 Å². The quantitative estimate of drug-likeness (QED) is 0.624. The topological polar surface area (TPSA) is 61.0 Å². The molecule has 1 rings (SSSR count). The van der Waals surface area contributed by atoms with Gasteiger partial charge in [0.05, 0.1) is 11.9 Å². The van der Waals surface area contributed by atoms with Gasteiger partial charge in [0.25, 0.3) is 0 Å². The first kappa shape index (κ1) is 7.87. The van der Waals surface area contributed by atoms with Crippen LogP contribution in [0.25, 0.3) is 0 Å². The smallest absolute Gasteiger partial charge is 0.239 e. The zero-order valence-corrected chi connectivity index (χ0v) is 6.04. The van der Waals surface area contributed by atoms with Gasteiger partial charge in [0.2, 0.25) is 11.8 Å². The van der Waals surface area contributed by atoms with Crippen LogP contribution in [-0.4, -0.2) is 16.7 Å². The molecule has 0 aliphatic rings. The Bertz CT molecular complexity index is 254. The molecule has 0 atom stereocenters. The van der Waals surface area contributed by atoms with Crippen LogP contribution in [0, 0.1) is 12.9 Å². The van der Waals surface area contributed by atoms with Gasteiger partial charge in [0.15, 0.2) is 0 Å². The number of aryl methyl sites for hydroxylation is 1. The highest BCUT2D eigenvalue weighted by Crippen LogP contribution is 2.09. The second-order valence-corrected chi connectivity index (χ2v) is 1.89. The number of aromatic nitrogens is 2. The molecule has 0 fully saturated rings. The maximum atomic E-state index is 12.4. The molecule has 5 heteroatoms. The maximum absolute atomic E-state index is 12.4. The fraction of sp³-hybridized carbons (Fsp3) is 0.333. The molecule has 0 saturated heterocycles. The molecule has 11 heavy (non-hydrogen) atoms. The Hall–Kier alpha value is -1.23. The van der Waals surface area contributed by atoms with E-state index in [1.54, 1.807) is 6.92 Å². The lowest BCUT2D eigenvalue weighted by Crippen LogP contribution is -2.10. The first-order valence-electron chi connectivity index (χ1n) is 3.06. The first-order valence-corrected chi connectivity index (χ1v) is 3.06. The highest BCUT2D eigenvalue weighted by molar-refractivity contribution is 5.15. The number of hydrogen-bond acceptors (Lipinski definition) is 4. The molecule has 0 radical (unpaired) electrons. The number of hydrogen-bond donors (Lipinski definition) is 1. The highest BCUT2D eigenvalue weighted by atomic mass is 19.1. The van der Waals surface area contributed by atoms with Crippen LogP contribution in [-0.2, 0) is 0 Å². The molecule has 2 N–H and O–H groups in total. The Kier molecular flexibility index (Phi) is 2.32. The van der Waals surface area contributed by atoms with Gasteiger partial charge < -0.3 is 4.74 Å². The lowest BCUT2D eigenvalue weighted by atomic mass is 10.5. The Morgan fingerprint density at radius 3 is 3.09 bits per heavy atom. The summed E-state index contributed by atoms with van der Waals surface area (Å²) in [5.74, 6) is -0.522. The summed E-state index contributed by atoms with van der Waals surface area (Å²) in [5, 5.41) is 0. The van der Waals surface area contributed by atoms with Crippen molar-refractivity contribution in [2.24, 2.45) is 5.73 Å². The molecular weight excluding hydrogens is 149 g/mol. The van der Waals surface area contributed by atoms with E-state index in [-0.39, 0.29) is 12.6 Å². The molecule has 60 valence electrons. The van der Waals surface area contributed by atoms with Crippen molar-refractivity contribution in [2.75, 3.05) is 6.73 Å². The van der Waals surface area contributed by atoms with Crippen molar-refractivity contribution in [3.8, 4) is 5.88 Å². The third kappa shape index (κ3) is 1.84. The van der Waals surface area contributed by atoms with Crippen molar-refractivity contribution < 1.29 is 9.13 Å². The number of nitrogens with zero attached hydrogens (tertiary/aromatic N) is 2. The molecule has 0 aliphatic heterocycles. The Labute approximate surface area is 63.2 Å². The van der Waals surface area contributed by atoms with E-state index in [0.717, 1.165) is 6.20 Å². The minimum atomic E-state index is -0.668. The standard InChI is InChI=1S/C6H8FN3O/c1-4-6(11-3-8)10-5(7)2-9-4/h2H,3,8H2,1H3. The molecule has 4 nitrogen and oxygen atoms in total. The van der Waals surface area contributed by atoms with Gasteiger partial charge in [0.1, 0.15) is 6.73 Å². The van der Waals surface area contributed by atoms with Gasteiger partial charge in [-0.25, -0.2) is 0 Å². The van der Waals surface area contributed by atoms with Crippen LogP contribution in [0.3, 0.4) is 0 Å². The minimum absolute atomic E-state index is 0.0288. The normalized spacial score (nSPS) is 9.73. The van der Waals surface area contributed by atoms with Crippen LogP contribution in [0.15, 0.2) is 6.20 Å². The number of rotatable bonds is 2. The first-order chi connectivity index (χ1) is 5.24. The van der Waals surface area contributed by atoms with Crippen LogP contribution in [0.2, 0.25) is 0 Å². The van der Waals surface area contributed by atoms with Crippen LogP contribution in [0.4, 0.5) is 4.39 Å². The fourth-order valence-electron chi connectivity index (χ4n) is 0.628. The predicted octanol–water partition coefficient (Wildman–Crippen LogP) is 0.219. The van der Waals surface area contributed by atoms with E-state index in [4.69, 9.17) is 10.5 Å². The monoisotopic (exact) mass is 157 g/mol. The fourth-order valence-corrected chi connectivity index (χ4v) is 0.628. The summed E-state index contributed by atoms with van der Waals surface area (Å²) in [5.41, 5.74) is 5.59. The molecule has 0 aromatic carbocycles. The molecule has 0 bridgehead atoms. The molecule has 0 amide bonds. The second kappa shape index (κ2) is 3.25. The Morgan fingerprint density at radius 1 is 1.73 bits per heavy atom. The lowest BCUT2D eigenvalue weighted by molar-refractivity contribution is 0.306. The molecular formula is C6H8FN3O.